The van der Waals surface area contributed by atoms with Gasteiger partial charge in [-0.15, -0.1) is 12.8 Å². The summed E-state index contributed by atoms with van der Waals surface area (Å²) in [6.45, 7) is 6.84. The Kier molecular flexibility index (Phi) is 28.5. The summed E-state index contributed by atoms with van der Waals surface area (Å²) in [5.41, 5.74) is -9.15. The molecule has 3 heterocycles. The van der Waals surface area contributed by atoms with Crippen LogP contribution in [0, 0.1) is 63.6 Å². The Morgan fingerprint density at radius 3 is 1.18 bits per heavy atom. The number of nitrogens with zero attached hydrogens (tertiary/aromatic N) is 3. The van der Waals surface area contributed by atoms with Crippen molar-refractivity contribution in [1.29, 1.82) is 0 Å². The molecular weight excluding hydrogens is 1370 g/mol. The first-order valence-corrected chi connectivity index (χ1v) is 33.6. The number of rotatable bonds is 40. The van der Waals surface area contributed by atoms with Gasteiger partial charge in [-0.1, -0.05) is 55.9 Å². The van der Waals surface area contributed by atoms with Crippen molar-refractivity contribution in [2.45, 2.75) is 109 Å². The van der Waals surface area contributed by atoms with E-state index in [0.717, 1.165) is 4.90 Å². The highest BCUT2D eigenvalue weighted by Crippen LogP contribution is 2.49. The van der Waals surface area contributed by atoms with Crippen LogP contribution in [0.25, 0.3) is 0 Å². The van der Waals surface area contributed by atoms with E-state index in [2.05, 4.69) is 43.7 Å². The maximum Gasteiger partial charge on any atom is 0.472 e. The molecule has 2 fully saturated rings. The average Bonchev–Trinajstić information content (AvgIpc) is 1.60. The Morgan fingerprint density at radius 1 is 0.505 bits per heavy atom. The molecule has 91 heavy (non-hydrogen) atoms. The second-order valence-electron chi connectivity index (χ2n) is 27.3. The van der Waals surface area contributed by atoms with Crippen molar-refractivity contribution in [2.75, 3.05) is 135 Å². The lowest BCUT2D eigenvalue weighted by atomic mass is 9.69. The minimum Gasteiger partial charge on any atom is -0.464 e. The zero-order chi connectivity index (χ0) is 69.6. The van der Waals surface area contributed by atoms with E-state index in [9.17, 15) is 62.1 Å². The van der Waals surface area contributed by atoms with Crippen molar-refractivity contribution in [2.24, 2.45) is 38.9 Å². The summed E-state index contributed by atoms with van der Waals surface area (Å²) in [5.74, 6) is -5.21. The second-order valence-corrected chi connectivity index (χ2v) is 33.7. The summed E-state index contributed by atoms with van der Waals surface area (Å²) in [5, 5.41) is 0. The van der Waals surface area contributed by atoms with E-state index < -0.39 is 214 Å². The molecule has 3 aliphatic rings. The van der Waals surface area contributed by atoms with Crippen LogP contribution >= 0.6 is 47.5 Å². The number of likely N-dealkylation sites (N-methyl/N-ethyl adjacent to an activating group) is 2. The predicted molar refractivity (Wildman–Crippen MR) is 330 cm³/mol. The number of halogens is 2. The summed E-state index contributed by atoms with van der Waals surface area (Å²) in [6, 6.07) is 0. The third kappa shape index (κ3) is 24.3. The zero-order valence-electron chi connectivity index (χ0n) is 54.6. The average molecular weight is 1460 g/mol. The molecule has 0 aliphatic carbocycles. The molecular formula is C59H91Br2N3O25P2+2. The molecule has 28 nitrogen and oxygen atoms in total. The highest BCUT2D eigenvalue weighted by Gasteiger charge is 2.61. The lowest BCUT2D eigenvalue weighted by Crippen LogP contribution is -2.47. The zero-order valence-corrected chi connectivity index (χ0v) is 59.6. The summed E-state index contributed by atoms with van der Waals surface area (Å²) in [6.07, 6.45) is 11.1. The van der Waals surface area contributed by atoms with Gasteiger partial charge in [0.05, 0.1) is 108 Å². The number of fused-ring (bicyclic) bond motifs is 5. The van der Waals surface area contributed by atoms with Crippen LogP contribution in [0.1, 0.15) is 88.0 Å². The molecule has 0 radical (unpaired) electrons. The largest absolute Gasteiger partial charge is 0.472 e. The highest BCUT2D eigenvalue weighted by atomic mass is 79.9. The van der Waals surface area contributed by atoms with Crippen LogP contribution in [-0.4, -0.2) is 233 Å². The van der Waals surface area contributed by atoms with Crippen LogP contribution in [-0.2, 0) is 108 Å². The van der Waals surface area contributed by atoms with Crippen molar-refractivity contribution >= 4 is 101 Å². The number of likely N-dealkylation sites (tertiary alicyclic amines) is 1. The van der Waals surface area contributed by atoms with Crippen molar-refractivity contribution in [1.82, 2.24) is 4.90 Å². The minimum atomic E-state index is -4.59. The van der Waals surface area contributed by atoms with E-state index in [1.807, 2.05) is 42.3 Å². The van der Waals surface area contributed by atoms with Crippen molar-refractivity contribution in [3.05, 3.63) is 12.2 Å². The monoisotopic (exact) mass is 1460 g/mol. The number of quaternary nitrogens is 2. The molecule has 0 aromatic carbocycles. The number of phosphoric ester groups is 2. The lowest BCUT2D eigenvalue weighted by Gasteiger charge is -2.38. The number of imide groups is 1. The number of phosphoric acid groups is 2. The second kappa shape index (κ2) is 32.2. The predicted octanol–water partition coefficient (Wildman–Crippen LogP) is 4.61. The van der Waals surface area contributed by atoms with Crippen LogP contribution in [0.3, 0.4) is 0 Å². The van der Waals surface area contributed by atoms with Gasteiger partial charge < -0.3 is 56.6 Å². The van der Waals surface area contributed by atoms with Gasteiger partial charge in [0.1, 0.15) is 73.4 Å². The molecule has 3 rings (SSSR count). The number of alkyl halides is 2. The molecule has 0 aromatic rings. The quantitative estimate of drug-likeness (QED) is 0.00973. The van der Waals surface area contributed by atoms with E-state index in [0.29, 0.717) is 22.1 Å². The topological polar surface area (TPSA) is 342 Å². The fourth-order valence-electron chi connectivity index (χ4n) is 10.5. The smallest absolute Gasteiger partial charge is 0.464 e. The van der Waals surface area contributed by atoms with E-state index in [1.165, 1.54) is 62.3 Å². The number of ether oxygens (including phenoxy) is 8. The number of hydrogen-bond donors (Lipinski definition) is 2. The number of carbonyl (C=O) groups excluding carboxylic acids is 9. The number of terminal acetylenes is 2. The maximum absolute atomic E-state index is 14.5. The maximum atomic E-state index is 14.5. The molecule has 2 N–H and O–H groups in total. The third-order valence-corrected chi connectivity index (χ3v) is 18.1. The molecule has 514 valence electrons. The van der Waals surface area contributed by atoms with Crippen molar-refractivity contribution < 1.29 is 127 Å². The molecule has 32 heteroatoms. The van der Waals surface area contributed by atoms with Gasteiger partial charge in [-0.05, 0) is 88.0 Å². The number of amides is 2. The van der Waals surface area contributed by atoms with Crippen LogP contribution in [0.15, 0.2) is 12.2 Å². The molecule has 2 saturated heterocycles. The van der Waals surface area contributed by atoms with Gasteiger partial charge in [-0.2, -0.15) is 0 Å². The van der Waals surface area contributed by atoms with E-state index in [4.69, 9.17) is 68.8 Å². The lowest BCUT2D eigenvalue weighted by molar-refractivity contribution is -0.870. The van der Waals surface area contributed by atoms with Gasteiger partial charge in [-0.25, -0.2) is 9.13 Å². The first kappa shape index (κ1) is 80.6. The number of hydrogen-bond acceptors (Lipinski definition) is 23. The Morgan fingerprint density at radius 2 is 0.835 bits per heavy atom. The molecule has 2 amide bonds. The molecule has 10 atom stereocenters. The van der Waals surface area contributed by atoms with Gasteiger partial charge >= 0.3 is 57.4 Å². The summed E-state index contributed by atoms with van der Waals surface area (Å²) in [4.78, 5) is 147. The SMILES string of the molecule is C#CCOC(=O)C(C)(Br)CC(C)(CC(C)(C)C(=O)OCC(C)(COC(=O)C(C)(C)CC(C)(CC(C)(Br)C(=O)OCC#C)C(=O)OCCOP(=O)(O)OCC[N+](C)(C)C)C(=O)OCCN1C(=O)C2C3C=CC(O3)C2C1=O)C(=O)OCCOP(=O)(O)OCC[N+](C)(C)C. The molecule has 0 aromatic heterocycles. The van der Waals surface area contributed by atoms with Gasteiger partial charge in [0, 0.05) is 0 Å². The first-order chi connectivity index (χ1) is 41.5. The van der Waals surface area contributed by atoms with E-state index in [-0.39, 0.29) is 19.8 Å². The summed E-state index contributed by atoms with van der Waals surface area (Å²) in [7, 11) is 1.87. The van der Waals surface area contributed by atoms with Gasteiger partial charge in [0.25, 0.3) is 0 Å². The Hall–Kier alpha value is -4.65. The Balaban J connectivity index is 1.95. The standard InChI is InChI=1S/C59H89Br2N3O25P2/c1-18-25-78-51(72)58(10,60)36-55(7,48(69)81-30-32-87-90(74,75)85-28-23-63(12,13)14)34-53(3,4)46(67)83-38-57(9,50(71)80-27-22-62-44(65)42-40-20-21-41(89-40)43(42)45(62)66)39-84-47(68)54(5,6)35-56(8,37-59(11,61)52(73)79-26-19-2)49(70)82-31-33-88-91(76,77)86-29-24-64(15,16)17/h1-2,20-21,40-43H,22-39H2,3-17H3/p+2. The van der Waals surface area contributed by atoms with Gasteiger partial charge in [0.15, 0.2) is 13.2 Å². The summed E-state index contributed by atoms with van der Waals surface area (Å²) >= 11 is 6.68. The van der Waals surface area contributed by atoms with Crippen LogP contribution < -0.4 is 0 Å². The fraction of sp³-hybridized carbons (Fsp3) is 0.746. The van der Waals surface area contributed by atoms with Crippen molar-refractivity contribution in [3.63, 3.8) is 0 Å². The number of carbonyl (C=O) groups is 9. The Bertz CT molecular complexity index is 2710. The van der Waals surface area contributed by atoms with Crippen LogP contribution in [0.2, 0.25) is 0 Å². The van der Waals surface area contributed by atoms with Crippen LogP contribution in [0.5, 0.6) is 0 Å². The van der Waals surface area contributed by atoms with E-state index in [1.54, 1.807) is 12.2 Å². The molecule has 10 unspecified atom stereocenters. The molecule has 0 saturated carbocycles. The first-order valence-electron chi connectivity index (χ1n) is 29.0. The Labute approximate surface area is 549 Å². The fourth-order valence-corrected chi connectivity index (χ4v) is 13.3. The van der Waals surface area contributed by atoms with Crippen LogP contribution in [0.4, 0.5) is 0 Å². The van der Waals surface area contributed by atoms with E-state index >= 15 is 0 Å². The van der Waals surface area contributed by atoms with Crippen molar-refractivity contribution in [3.8, 4) is 24.7 Å². The molecule has 3 aliphatic heterocycles. The van der Waals surface area contributed by atoms with Gasteiger partial charge in [-0.3, -0.25) is 66.1 Å². The third-order valence-electron chi connectivity index (χ3n) is 14.9. The molecule has 0 spiro atoms. The van der Waals surface area contributed by atoms with Gasteiger partial charge in [0.2, 0.25) is 11.8 Å². The normalized spacial score (nSPS) is 21.9. The minimum absolute atomic E-state index is 0.134. The number of esters is 7. The molecule has 2 bridgehead atoms. The highest BCUT2D eigenvalue weighted by molar-refractivity contribution is 9.10. The summed E-state index contributed by atoms with van der Waals surface area (Å²) < 4.78 is 87.3.